The Labute approximate surface area is 174 Å². The molecule has 0 N–H and O–H groups in total. The van der Waals surface area contributed by atoms with Gasteiger partial charge in [0.1, 0.15) is 11.4 Å². The summed E-state index contributed by atoms with van der Waals surface area (Å²) in [5.41, 5.74) is 1.92. The highest BCUT2D eigenvalue weighted by Gasteiger charge is 2.42. The molecule has 0 unspecified atom stereocenters. The fraction of sp³-hybridized carbons (Fsp3) is 0.583. The summed E-state index contributed by atoms with van der Waals surface area (Å²) in [6.07, 6.45) is 2.09. The minimum Gasteiger partial charge on any atom is -0.493 e. The molecule has 2 aliphatic rings. The van der Waals surface area contributed by atoms with Gasteiger partial charge in [-0.1, -0.05) is 46.8 Å². The zero-order valence-corrected chi connectivity index (χ0v) is 18.4. The molecule has 0 aromatic heterocycles. The van der Waals surface area contributed by atoms with Gasteiger partial charge in [0, 0.05) is 19.6 Å². The van der Waals surface area contributed by atoms with Crippen molar-refractivity contribution in [2.75, 3.05) is 26.2 Å². The Bertz CT molecular complexity index is 772. The van der Waals surface area contributed by atoms with Gasteiger partial charge in [-0.15, -0.1) is 0 Å². The van der Waals surface area contributed by atoms with Crippen LogP contribution in [0.15, 0.2) is 30.0 Å². The Balaban J connectivity index is 1.93. The van der Waals surface area contributed by atoms with Gasteiger partial charge >= 0.3 is 0 Å². The molecular formula is C24H34N2O3. The van der Waals surface area contributed by atoms with Crippen LogP contribution in [-0.4, -0.2) is 47.9 Å². The topological polar surface area (TPSA) is 49.9 Å². The van der Waals surface area contributed by atoms with Crippen molar-refractivity contribution in [3.8, 4) is 5.75 Å². The van der Waals surface area contributed by atoms with E-state index in [4.69, 9.17) is 4.74 Å². The second-order valence-electron chi connectivity index (χ2n) is 9.24. The van der Waals surface area contributed by atoms with Gasteiger partial charge in [-0.05, 0) is 48.3 Å². The van der Waals surface area contributed by atoms with E-state index in [9.17, 15) is 9.59 Å². The van der Waals surface area contributed by atoms with Crippen LogP contribution in [0.25, 0.3) is 5.57 Å². The van der Waals surface area contributed by atoms with E-state index in [2.05, 4.69) is 25.7 Å². The van der Waals surface area contributed by atoms with Crippen molar-refractivity contribution < 1.29 is 14.3 Å². The highest BCUT2D eigenvalue weighted by molar-refractivity contribution is 6.35. The smallest absolute Gasteiger partial charge is 0.277 e. The predicted octanol–water partition coefficient (Wildman–Crippen LogP) is 4.19. The number of nitrogens with zero attached hydrogens (tertiary/aromatic N) is 2. The molecule has 5 nitrogen and oxygen atoms in total. The molecule has 0 atom stereocenters. The first kappa shape index (κ1) is 21.4. The summed E-state index contributed by atoms with van der Waals surface area (Å²) >= 11 is 0. The van der Waals surface area contributed by atoms with Crippen molar-refractivity contribution in [1.29, 1.82) is 0 Å². The number of carbonyl (C=O) groups is 2. The van der Waals surface area contributed by atoms with E-state index in [1.54, 1.807) is 0 Å². The van der Waals surface area contributed by atoms with Gasteiger partial charge in [-0.2, -0.15) is 0 Å². The summed E-state index contributed by atoms with van der Waals surface area (Å²) in [6.45, 7) is 13.3. The molecule has 0 spiro atoms. The Morgan fingerprint density at radius 3 is 2.14 bits per heavy atom. The van der Waals surface area contributed by atoms with E-state index in [1.807, 2.05) is 38.1 Å². The number of carbonyl (C=O) groups excluding carboxylic acids is 2. The van der Waals surface area contributed by atoms with E-state index in [-0.39, 0.29) is 17.7 Å². The number of imide groups is 1. The van der Waals surface area contributed by atoms with Crippen LogP contribution in [0.4, 0.5) is 0 Å². The first-order valence-electron chi connectivity index (χ1n) is 10.9. The van der Waals surface area contributed by atoms with Crippen molar-refractivity contribution in [2.24, 2.45) is 17.8 Å². The average molecular weight is 399 g/mol. The van der Waals surface area contributed by atoms with Crippen LogP contribution in [0.3, 0.4) is 0 Å². The largest absolute Gasteiger partial charge is 0.493 e. The molecular weight excluding hydrogens is 364 g/mol. The Morgan fingerprint density at radius 1 is 0.966 bits per heavy atom. The summed E-state index contributed by atoms with van der Waals surface area (Å²) in [6, 6.07) is 7.59. The maximum atomic E-state index is 13.3. The highest BCUT2D eigenvalue weighted by atomic mass is 16.5. The number of ether oxygens (including phenoxy) is 1. The number of amides is 2. The van der Waals surface area contributed by atoms with E-state index >= 15 is 0 Å². The van der Waals surface area contributed by atoms with Crippen molar-refractivity contribution in [3.63, 3.8) is 0 Å². The number of hydrogen-bond donors (Lipinski definition) is 0. The molecule has 0 bridgehead atoms. The lowest BCUT2D eigenvalue weighted by Gasteiger charge is -2.32. The maximum Gasteiger partial charge on any atom is 0.277 e. The lowest BCUT2D eigenvalue weighted by atomic mass is 9.97. The minimum absolute atomic E-state index is 0.145. The number of piperidine rings is 1. The quantitative estimate of drug-likeness (QED) is 0.646. The summed E-state index contributed by atoms with van der Waals surface area (Å²) < 4.78 is 5.77. The van der Waals surface area contributed by atoms with Gasteiger partial charge in [0.15, 0.2) is 0 Å². The van der Waals surface area contributed by atoms with Crippen molar-refractivity contribution in [2.45, 2.75) is 47.5 Å². The molecule has 2 heterocycles. The third-order valence-electron chi connectivity index (χ3n) is 5.52. The minimum atomic E-state index is -0.173. The second-order valence-corrected chi connectivity index (χ2v) is 9.24. The zero-order valence-electron chi connectivity index (χ0n) is 18.4. The molecule has 0 radical (unpaired) electrons. The highest BCUT2D eigenvalue weighted by Crippen LogP contribution is 2.34. The first-order valence-corrected chi connectivity index (χ1v) is 10.9. The van der Waals surface area contributed by atoms with E-state index in [0.29, 0.717) is 36.3 Å². The van der Waals surface area contributed by atoms with Gasteiger partial charge < -0.3 is 9.64 Å². The normalized spacial score (nSPS) is 18.6. The number of rotatable bonds is 7. The van der Waals surface area contributed by atoms with Crippen LogP contribution in [0.2, 0.25) is 0 Å². The van der Waals surface area contributed by atoms with Crippen LogP contribution < -0.4 is 4.74 Å². The molecule has 1 fully saturated rings. The SMILES string of the molecule is CC(C)COc1ccc(C2=C(N3CCC(C)CC3)C(=O)N(CC(C)C)C2=O)cc1. The summed E-state index contributed by atoms with van der Waals surface area (Å²) in [5.74, 6) is 1.81. The number of benzene rings is 1. The zero-order chi connectivity index (χ0) is 21.1. The molecule has 0 saturated carbocycles. The van der Waals surface area contributed by atoms with Gasteiger partial charge in [0.25, 0.3) is 11.8 Å². The first-order chi connectivity index (χ1) is 13.8. The summed E-state index contributed by atoms with van der Waals surface area (Å²) in [5, 5.41) is 0. The molecule has 158 valence electrons. The predicted molar refractivity (Wildman–Crippen MR) is 115 cm³/mol. The molecule has 1 saturated heterocycles. The molecule has 29 heavy (non-hydrogen) atoms. The average Bonchev–Trinajstić information content (AvgIpc) is 2.92. The Morgan fingerprint density at radius 2 is 1.59 bits per heavy atom. The number of hydrogen-bond acceptors (Lipinski definition) is 4. The molecule has 2 amide bonds. The van der Waals surface area contributed by atoms with Crippen molar-refractivity contribution in [3.05, 3.63) is 35.5 Å². The van der Waals surface area contributed by atoms with E-state index < -0.39 is 0 Å². The Hall–Kier alpha value is -2.30. The van der Waals surface area contributed by atoms with Crippen LogP contribution >= 0.6 is 0 Å². The number of likely N-dealkylation sites (tertiary alicyclic amines) is 1. The van der Waals surface area contributed by atoms with E-state index in [0.717, 1.165) is 37.2 Å². The molecule has 1 aromatic carbocycles. The fourth-order valence-electron chi connectivity index (χ4n) is 3.86. The van der Waals surface area contributed by atoms with Gasteiger partial charge in [0.2, 0.25) is 0 Å². The van der Waals surface area contributed by atoms with Crippen molar-refractivity contribution in [1.82, 2.24) is 9.80 Å². The maximum absolute atomic E-state index is 13.3. The summed E-state index contributed by atoms with van der Waals surface area (Å²) in [7, 11) is 0. The molecule has 0 aliphatic carbocycles. The van der Waals surface area contributed by atoms with Crippen LogP contribution in [-0.2, 0) is 9.59 Å². The van der Waals surface area contributed by atoms with Gasteiger partial charge in [-0.25, -0.2) is 0 Å². The monoisotopic (exact) mass is 398 g/mol. The van der Waals surface area contributed by atoms with Crippen LogP contribution in [0.5, 0.6) is 5.75 Å². The molecule has 5 heteroatoms. The lowest BCUT2D eigenvalue weighted by Crippen LogP contribution is -2.39. The molecule has 3 rings (SSSR count). The molecule has 1 aromatic rings. The third kappa shape index (κ3) is 4.82. The van der Waals surface area contributed by atoms with E-state index in [1.165, 1.54) is 4.90 Å². The second kappa shape index (κ2) is 9.02. The molecule has 2 aliphatic heterocycles. The third-order valence-corrected chi connectivity index (χ3v) is 5.52. The lowest BCUT2D eigenvalue weighted by molar-refractivity contribution is -0.138. The van der Waals surface area contributed by atoms with Crippen LogP contribution in [0, 0.1) is 17.8 Å². The van der Waals surface area contributed by atoms with Crippen LogP contribution in [0.1, 0.15) is 53.0 Å². The van der Waals surface area contributed by atoms with Crippen molar-refractivity contribution >= 4 is 17.4 Å². The fourth-order valence-corrected chi connectivity index (χ4v) is 3.86. The Kier molecular flexibility index (Phi) is 6.66. The summed E-state index contributed by atoms with van der Waals surface area (Å²) in [4.78, 5) is 30.1. The standard InChI is InChI=1S/C24H34N2O3/c1-16(2)14-26-23(27)21(19-6-8-20(9-7-19)29-15-17(3)4)22(24(26)28)25-12-10-18(5)11-13-25/h6-9,16-18H,10-15H2,1-5H3. The van der Waals surface area contributed by atoms with Gasteiger partial charge in [-0.3, -0.25) is 14.5 Å². The van der Waals surface area contributed by atoms with Gasteiger partial charge in [0.05, 0.1) is 12.2 Å².